The summed E-state index contributed by atoms with van der Waals surface area (Å²) in [6.07, 6.45) is 0.710. The van der Waals surface area contributed by atoms with E-state index in [4.69, 9.17) is 34.8 Å². The average Bonchev–Trinajstić information content (AvgIpc) is 2.73. The molecule has 0 spiro atoms. The summed E-state index contributed by atoms with van der Waals surface area (Å²) in [4.78, 5) is 10.6. The lowest BCUT2D eigenvalue weighted by atomic mass is 10.1. The van der Waals surface area contributed by atoms with Crippen molar-refractivity contribution in [3.63, 3.8) is 0 Å². The molecular formula is C10H6Cl3FO. The third kappa shape index (κ3) is 1.75. The van der Waals surface area contributed by atoms with E-state index < -0.39 is 16.1 Å². The first-order chi connectivity index (χ1) is 6.98. The lowest BCUT2D eigenvalue weighted by Crippen LogP contribution is -1.91. The van der Waals surface area contributed by atoms with Crippen molar-refractivity contribution in [3.05, 3.63) is 34.6 Å². The predicted molar refractivity (Wildman–Crippen MR) is 58.1 cm³/mol. The Hall–Kier alpha value is -0.310. The first-order valence-electron chi connectivity index (χ1n) is 4.26. The van der Waals surface area contributed by atoms with E-state index >= 15 is 0 Å². The van der Waals surface area contributed by atoms with Gasteiger partial charge in [0, 0.05) is 5.92 Å². The van der Waals surface area contributed by atoms with Gasteiger partial charge in [0.2, 0.25) is 0 Å². The van der Waals surface area contributed by atoms with Crippen LogP contribution >= 0.6 is 34.8 Å². The van der Waals surface area contributed by atoms with Gasteiger partial charge in [-0.15, -0.1) is 23.2 Å². The van der Waals surface area contributed by atoms with Gasteiger partial charge < -0.3 is 4.79 Å². The fourth-order valence-corrected chi connectivity index (χ4v) is 2.60. The standard InChI is InChI=1S/C10H6Cl3FO/c11-7-3-5(1-2-8(7)14)9-6(4-15)10(9,12)13/h1-4,6,9H/t6-,9-/m1/s1. The van der Waals surface area contributed by atoms with Gasteiger partial charge in [-0.05, 0) is 17.7 Å². The van der Waals surface area contributed by atoms with E-state index in [1.807, 2.05) is 0 Å². The van der Waals surface area contributed by atoms with Gasteiger partial charge in [0.25, 0.3) is 0 Å². The maximum atomic E-state index is 12.9. The molecule has 2 atom stereocenters. The lowest BCUT2D eigenvalue weighted by molar-refractivity contribution is -0.108. The molecule has 0 unspecified atom stereocenters. The van der Waals surface area contributed by atoms with Crippen LogP contribution in [0.1, 0.15) is 11.5 Å². The molecule has 1 fully saturated rings. The van der Waals surface area contributed by atoms with Crippen LogP contribution in [0.4, 0.5) is 4.39 Å². The van der Waals surface area contributed by atoms with E-state index in [1.54, 1.807) is 0 Å². The molecule has 80 valence electrons. The van der Waals surface area contributed by atoms with Gasteiger partial charge in [0.05, 0.1) is 10.9 Å². The van der Waals surface area contributed by atoms with Crippen LogP contribution in [0.15, 0.2) is 18.2 Å². The Bertz CT molecular complexity index is 419. The molecule has 1 nitrogen and oxygen atoms in total. The molecule has 1 aliphatic carbocycles. The van der Waals surface area contributed by atoms with Crippen LogP contribution in [0.25, 0.3) is 0 Å². The first-order valence-corrected chi connectivity index (χ1v) is 5.40. The normalized spacial score (nSPS) is 27.5. The van der Waals surface area contributed by atoms with Gasteiger partial charge in [-0.3, -0.25) is 0 Å². The van der Waals surface area contributed by atoms with Gasteiger partial charge in [0.1, 0.15) is 16.4 Å². The topological polar surface area (TPSA) is 17.1 Å². The zero-order valence-electron chi connectivity index (χ0n) is 7.38. The molecule has 1 aromatic carbocycles. The van der Waals surface area contributed by atoms with Crippen LogP contribution in [0.5, 0.6) is 0 Å². The predicted octanol–water partition coefficient (Wildman–Crippen LogP) is 3.57. The fourth-order valence-electron chi connectivity index (χ4n) is 1.66. The SMILES string of the molecule is O=C[C@@H]1[C@@H](c2ccc(F)c(Cl)c2)C1(Cl)Cl. The third-order valence-corrected chi connectivity index (χ3v) is 3.82. The monoisotopic (exact) mass is 266 g/mol. The Morgan fingerprint density at radius 1 is 1.40 bits per heavy atom. The van der Waals surface area contributed by atoms with Gasteiger partial charge in [-0.1, -0.05) is 17.7 Å². The Morgan fingerprint density at radius 2 is 2.07 bits per heavy atom. The van der Waals surface area contributed by atoms with Crippen molar-refractivity contribution in [2.24, 2.45) is 5.92 Å². The average molecular weight is 268 g/mol. The first kappa shape index (κ1) is 11.2. The quantitative estimate of drug-likeness (QED) is 0.591. The largest absolute Gasteiger partial charge is 0.303 e. The Morgan fingerprint density at radius 3 is 2.53 bits per heavy atom. The molecule has 0 saturated heterocycles. The number of hydrogen-bond donors (Lipinski definition) is 0. The smallest absolute Gasteiger partial charge is 0.141 e. The second-order valence-electron chi connectivity index (χ2n) is 3.49. The van der Waals surface area contributed by atoms with Crippen LogP contribution in [-0.2, 0) is 4.79 Å². The summed E-state index contributed by atoms with van der Waals surface area (Å²) in [6, 6.07) is 4.22. The lowest BCUT2D eigenvalue weighted by Gasteiger charge is -2.01. The summed E-state index contributed by atoms with van der Waals surface area (Å²) in [7, 11) is 0. The Labute approximate surface area is 101 Å². The molecule has 0 bridgehead atoms. The van der Waals surface area contributed by atoms with E-state index in [0.29, 0.717) is 11.8 Å². The van der Waals surface area contributed by atoms with E-state index in [0.717, 1.165) is 0 Å². The van der Waals surface area contributed by atoms with Gasteiger partial charge >= 0.3 is 0 Å². The van der Waals surface area contributed by atoms with Gasteiger partial charge in [-0.25, -0.2) is 4.39 Å². The van der Waals surface area contributed by atoms with Crippen molar-refractivity contribution in [1.82, 2.24) is 0 Å². The minimum Gasteiger partial charge on any atom is -0.303 e. The Kier molecular flexibility index (Phi) is 2.70. The molecule has 0 amide bonds. The molecule has 5 heteroatoms. The number of carbonyl (C=O) groups excluding carboxylic acids is 1. The van der Waals surface area contributed by atoms with Crippen molar-refractivity contribution in [2.45, 2.75) is 10.3 Å². The van der Waals surface area contributed by atoms with E-state index in [1.165, 1.54) is 18.2 Å². The number of hydrogen-bond acceptors (Lipinski definition) is 1. The summed E-state index contributed by atoms with van der Waals surface area (Å²) >= 11 is 17.4. The number of rotatable bonds is 2. The molecule has 0 N–H and O–H groups in total. The molecule has 2 rings (SSSR count). The van der Waals surface area contributed by atoms with Crippen LogP contribution in [0.3, 0.4) is 0 Å². The maximum absolute atomic E-state index is 12.9. The highest BCUT2D eigenvalue weighted by Gasteiger charge is 2.64. The summed E-state index contributed by atoms with van der Waals surface area (Å²) in [5.41, 5.74) is 0.684. The molecule has 0 heterocycles. The summed E-state index contributed by atoms with van der Waals surface area (Å²) in [6.45, 7) is 0. The second kappa shape index (κ2) is 3.62. The molecule has 1 saturated carbocycles. The maximum Gasteiger partial charge on any atom is 0.141 e. The summed E-state index contributed by atoms with van der Waals surface area (Å²) in [5, 5.41) is 0.00758. The zero-order valence-corrected chi connectivity index (χ0v) is 9.65. The van der Waals surface area contributed by atoms with Crippen LogP contribution in [0.2, 0.25) is 5.02 Å². The Balaban J connectivity index is 2.33. The van der Waals surface area contributed by atoms with Gasteiger partial charge in [0.15, 0.2) is 0 Å². The van der Waals surface area contributed by atoms with Crippen molar-refractivity contribution in [1.29, 1.82) is 0 Å². The van der Waals surface area contributed by atoms with E-state index in [-0.39, 0.29) is 10.9 Å². The summed E-state index contributed by atoms with van der Waals surface area (Å²) in [5.74, 6) is -1.24. The number of carbonyl (C=O) groups is 1. The number of alkyl halides is 2. The van der Waals surface area contributed by atoms with E-state index in [9.17, 15) is 9.18 Å². The number of halogens is 4. The second-order valence-corrected chi connectivity index (χ2v) is 5.34. The molecular weight excluding hydrogens is 261 g/mol. The minimum atomic E-state index is -1.08. The van der Waals surface area contributed by atoms with Crippen LogP contribution in [0, 0.1) is 11.7 Å². The minimum absolute atomic E-state index is 0.00758. The highest BCUT2D eigenvalue weighted by atomic mass is 35.5. The molecule has 0 radical (unpaired) electrons. The van der Waals surface area contributed by atoms with Crippen molar-refractivity contribution >= 4 is 41.1 Å². The van der Waals surface area contributed by atoms with Crippen molar-refractivity contribution in [3.8, 4) is 0 Å². The molecule has 1 aromatic rings. The number of aldehydes is 1. The zero-order chi connectivity index (χ0) is 11.2. The number of benzene rings is 1. The fraction of sp³-hybridized carbons (Fsp3) is 0.300. The van der Waals surface area contributed by atoms with Crippen LogP contribution < -0.4 is 0 Å². The highest BCUT2D eigenvalue weighted by Crippen LogP contribution is 2.64. The molecule has 0 aliphatic heterocycles. The van der Waals surface area contributed by atoms with E-state index in [2.05, 4.69) is 0 Å². The summed E-state index contributed by atoms with van der Waals surface area (Å²) < 4.78 is 11.8. The third-order valence-electron chi connectivity index (χ3n) is 2.56. The van der Waals surface area contributed by atoms with Crippen LogP contribution in [-0.4, -0.2) is 10.6 Å². The van der Waals surface area contributed by atoms with Crippen molar-refractivity contribution in [2.75, 3.05) is 0 Å². The molecule has 0 aromatic heterocycles. The van der Waals surface area contributed by atoms with Crippen molar-refractivity contribution < 1.29 is 9.18 Å². The molecule has 15 heavy (non-hydrogen) atoms. The highest BCUT2D eigenvalue weighted by molar-refractivity contribution is 6.53. The molecule has 1 aliphatic rings. The van der Waals surface area contributed by atoms with Gasteiger partial charge in [-0.2, -0.15) is 0 Å².